The minimum atomic E-state index is 0.256. The summed E-state index contributed by atoms with van der Waals surface area (Å²) in [5.74, 6) is 0.256. The molecule has 1 aromatic rings. The predicted molar refractivity (Wildman–Crippen MR) is 62.6 cm³/mol. The van der Waals surface area contributed by atoms with Crippen molar-refractivity contribution in [3.05, 3.63) is 28.8 Å². The van der Waals surface area contributed by atoms with Crippen LogP contribution in [0, 0.1) is 11.3 Å². The second kappa shape index (κ2) is 4.54. The maximum atomic E-state index is 11.3. The summed E-state index contributed by atoms with van der Waals surface area (Å²) < 4.78 is 0. The third-order valence-electron chi connectivity index (χ3n) is 2.69. The summed E-state index contributed by atoms with van der Waals surface area (Å²) in [7, 11) is 0. The number of hydrogen-bond acceptors (Lipinski definition) is 3. The van der Waals surface area contributed by atoms with Crippen LogP contribution in [0.4, 0.5) is 5.69 Å². The Bertz CT molecular complexity index is 465. The van der Waals surface area contributed by atoms with E-state index in [9.17, 15) is 4.79 Å². The first-order chi connectivity index (χ1) is 7.70. The van der Waals surface area contributed by atoms with Crippen LogP contribution in [0.3, 0.4) is 0 Å². The van der Waals surface area contributed by atoms with Crippen molar-refractivity contribution in [2.45, 2.75) is 12.8 Å². The average molecular weight is 235 g/mol. The molecular formula is C12H11ClN2O. The SMILES string of the molecule is N#Cc1ccc(N2CCCC(=O)C2)cc1Cl. The Morgan fingerprint density at radius 3 is 2.88 bits per heavy atom. The molecule has 0 radical (unpaired) electrons. The Kier molecular flexibility index (Phi) is 3.12. The first kappa shape index (κ1) is 11.0. The van der Waals surface area contributed by atoms with Crippen molar-refractivity contribution in [2.75, 3.05) is 18.0 Å². The first-order valence-corrected chi connectivity index (χ1v) is 5.55. The highest BCUT2D eigenvalue weighted by atomic mass is 35.5. The molecule has 1 heterocycles. The average Bonchev–Trinajstić information content (AvgIpc) is 2.29. The maximum absolute atomic E-state index is 11.3. The number of anilines is 1. The number of carbonyl (C=O) groups excluding carboxylic acids is 1. The molecule has 2 rings (SSSR count). The summed E-state index contributed by atoms with van der Waals surface area (Å²) >= 11 is 5.95. The lowest BCUT2D eigenvalue weighted by Gasteiger charge is -2.28. The van der Waals surface area contributed by atoms with Crippen LogP contribution in [-0.4, -0.2) is 18.9 Å². The number of halogens is 1. The standard InChI is InChI=1S/C12H11ClN2O/c13-12-6-10(4-3-9(12)7-14)15-5-1-2-11(16)8-15/h3-4,6H,1-2,5,8H2. The van der Waals surface area contributed by atoms with Gasteiger partial charge in [0.15, 0.2) is 5.78 Å². The third-order valence-corrected chi connectivity index (χ3v) is 3.00. The molecule has 4 heteroatoms. The van der Waals surface area contributed by atoms with Crippen LogP contribution in [0.15, 0.2) is 18.2 Å². The van der Waals surface area contributed by atoms with Crippen molar-refractivity contribution in [1.29, 1.82) is 5.26 Å². The number of rotatable bonds is 1. The summed E-state index contributed by atoms with van der Waals surface area (Å²) in [5, 5.41) is 9.20. The maximum Gasteiger partial charge on any atom is 0.152 e. The van der Waals surface area contributed by atoms with E-state index >= 15 is 0 Å². The lowest BCUT2D eigenvalue weighted by atomic mass is 10.1. The van der Waals surface area contributed by atoms with Crippen LogP contribution in [0.25, 0.3) is 0 Å². The topological polar surface area (TPSA) is 44.1 Å². The van der Waals surface area contributed by atoms with E-state index in [1.54, 1.807) is 12.1 Å². The molecule has 0 unspecified atom stereocenters. The van der Waals surface area contributed by atoms with E-state index in [1.807, 2.05) is 17.0 Å². The van der Waals surface area contributed by atoms with E-state index < -0.39 is 0 Å². The molecule has 0 bridgehead atoms. The Morgan fingerprint density at radius 1 is 1.44 bits per heavy atom. The number of piperidine rings is 1. The van der Waals surface area contributed by atoms with Crippen LogP contribution < -0.4 is 4.90 Å². The number of carbonyl (C=O) groups is 1. The molecule has 1 aliphatic heterocycles. The molecule has 0 aromatic heterocycles. The normalized spacial score (nSPS) is 16.0. The fraction of sp³-hybridized carbons (Fsp3) is 0.333. The van der Waals surface area contributed by atoms with Gasteiger partial charge in [0.25, 0.3) is 0 Å². The van der Waals surface area contributed by atoms with Crippen LogP contribution in [-0.2, 0) is 4.79 Å². The Morgan fingerprint density at radius 2 is 2.25 bits per heavy atom. The Balaban J connectivity index is 2.24. The predicted octanol–water partition coefficient (Wildman–Crippen LogP) is 2.38. The number of nitriles is 1. The molecule has 0 atom stereocenters. The van der Waals surface area contributed by atoms with Gasteiger partial charge in [-0.05, 0) is 24.6 Å². The van der Waals surface area contributed by atoms with Gasteiger partial charge in [-0.1, -0.05) is 11.6 Å². The van der Waals surface area contributed by atoms with Crippen molar-refractivity contribution in [2.24, 2.45) is 0 Å². The first-order valence-electron chi connectivity index (χ1n) is 5.17. The van der Waals surface area contributed by atoms with Gasteiger partial charge in [0.1, 0.15) is 6.07 Å². The zero-order valence-electron chi connectivity index (χ0n) is 8.74. The third kappa shape index (κ3) is 2.17. The largest absolute Gasteiger partial charge is 0.364 e. The van der Waals surface area contributed by atoms with Gasteiger partial charge in [-0.15, -0.1) is 0 Å². The highest BCUT2D eigenvalue weighted by Crippen LogP contribution is 2.24. The summed E-state index contributed by atoms with van der Waals surface area (Å²) in [6.07, 6.45) is 1.55. The van der Waals surface area contributed by atoms with Gasteiger partial charge in [-0.3, -0.25) is 4.79 Å². The van der Waals surface area contributed by atoms with Crippen LogP contribution in [0.2, 0.25) is 5.02 Å². The lowest BCUT2D eigenvalue weighted by molar-refractivity contribution is -0.118. The number of ketones is 1. The van der Waals surface area contributed by atoms with Crippen molar-refractivity contribution in [3.8, 4) is 6.07 Å². The van der Waals surface area contributed by atoms with Crippen molar-refractivity contribution < 1.29 is 4.79 Å². The van der Waals surface area contributed by atoms with E-state index in [1.165, 1.54) is 0 Å². The van der Waals surface area contributed by atoms with Crippen LogP contribution in [0.1, 0.15) is 18.4 Å². The molecule has 1 aliphatic rings. The molecule has 0 saturated carbocycles. The molecule has 1 saturated heterocycles. The molecule has 0 spiro atoms. The molecule has 0 amide bonds. The van der Waals surface area contributed by atoms with Gasteiger partial charge in [-0.2, -0.15) is 5.26 Å². The van der Waals surface area contributed by atoms with E-state index in [0.29, 0.717) is 23.6 Å². The van der Waals surface area contributed by atoms with Gasteiger partial charge in [-0.25, -0.2) is 0 Å². The van der Waals surface area contributed by atoms with Crippen molar-refractivity contribution in [3.63, 3.8) is 0 Å². The fourth-order valence-electron chi connectivity index (χ4n) is 1.85. The lowest BCUT2D eigenvalue weighted by Crippen LogP contribution is -2.35. The fourth-order valence-corrected chi connectivity index (χ4v) is 2.07. The quantitative estimate of drug-likeness (QED) is 0.750. The number of Topliss-reactive ketones (excluding diaryl/α,β-unsaturated/α-hetero) is 1. The Labute approximate surface area is 99.2 Å². The smallest absolute Gasteiger partial charge is 0.152 e. The minimum Gasteiger partial charge on any atom is -0.364 e. The summed E-state index contributed by atoms with van der Waals surface area (Å²) in [6.45, 7) is 1.32. The molecule has 1 aromatic carbocycles. The zero-order valence-corrected chi connectivity index (χ0v) is 9.50. The van der Waals surface area contributed by atoms with E-state index in [4.69, 9.17) is 16.9 Å². The van der Waals surface area contributed by atoms with Crippen molar-refractivity contribution >= 4 is 23.1 Å². The summed E-state index contributed by atoms with van der Waals surface area (Å²) in [4.78, 5) is 13.3. The Hall–Kier alpha value is -1.53. The second-order valence-corrected chi connectivity index (χ2v) is 4.25. The van der Waals surface area contributed by atoms with E-state index in [2.05, 4.69) is 0 Å². The number of benzene rings is 1. The molecular weight excluding hydrogens is 224 g/mol. The summed E-state index contributed by atoms with van der Waals surface area (Å²) in [5.41, 5.74) is 1.38. The molecule has 0 N–H and O–H groups in total. The molecule has 16 heavy (non-hydrogen) atoms. The highest BCUT2D eigenvalue weighted by molar-refractivity contribution is 6.32. The molecule has 3 nitrogen and oxygen atoms in total. The van der Waals surface area contributed by atoms with Gasteiger partial charge in [0, 0.05) is 18.7 Å². The monoisotopic (exact) mass is 234 g/mol. The molecule has 1 fully saturated rings. The number of hydrogen-bond donors (Lipinski definition) is 0. The molecule has 82 valence electrons. The van der Waals surface area contributed by atoms with Gasteiger partial charge >= 0.3 is 0 Å². The summed E-state index contributed by atoms with van der Waals surface area (Å²) in [6, 6.07) is 7.29. The van der Waals surface area contributed by atoms with E-state index in [0.717, 1.165) is 18.7 Å². The van der Waals surface area contributed by atoms with Gasteiger partial charge in [0.05, 0.1) is 17.1 Å². The van der Waals surface area contributed by atoms with Gasteiger partial charge < -0.3 is 4.90 Å². The highest BCUT2D eigenvalue weighted by Gasteiger charge is 2.17. The van der Waals surface area contributed by atoms with Crippen LogP contribution in [0.5, 0.6) is 0 Å². The molecule has 0 aliphatic carbocycles. The van der Waals surface area contributed by atoms with E-state index in [-0.39, 0.29) is 5.78 Å². The number of nitrogens with zero attached hydrogens (tertiary/aromatic N) is 2. The van der Waals surface area contributed by atoms with Gasteiger partial charge in [0.2, 0.25) is 0 Å². The minimum absolute atomic E-state index is 0.256. The zero-order chi connectivity index (χ0) is 11.5. The second-order valence-electron chi connectivity index (χ2n) is 3.84. The van der Waals surface area contributed by atoms with Crippen molar-refractivity contribution in [1.82, 2.24) is 0 Å². The van der Waals surface area contributed by atoms with Crippen LogP contribution >= 0.6 is 11.6 Å².